The Balaban J connectivity index is -0.0000000630. The van der Waals surface area contributed by atoms with Crippen LogP contribution in [-0.2, 0) is 16.5 Å². The molecule has 0 saturated heterocycles. The summed E-state index contributed by atoms with van der Waals surface area (Å²) in [5.41, 5.74) is 0. The number of ketones is 4. The second-order valence-electron chi connectivity index (χ2n) is 3.29. The minimum atomic E-state index is -0.713. The van der Waals surface area contributed by atoms with Gasteiger partial charge in [0.2, 0.25) is 0 Å². The summed E-state index contributed by atoms with van der Waals surface area (Å²) in [6.07, 6.45) is 0. The molecule has 21 heavy (non-hydrogen) atoms. The van der Waals surface area contributed by atoms with Gasteiger partial charge in [-0.1, -0.05) is 23.2 Å². The Labute approximate surface area is 145 Å². The van der Waals surface area contributed by atoms with Crippen molar-refractivity contribution in [3.8, 4) is 0 Å². The van der Waals surface area contributed by atoms with E-state index in [1.807, 2.05) is 0 Å². The van der Waals surface area contributed by atoms with E-state index in [1.165, 1.54) is 27.7 Å². The van der Waals surface area contributed by atoms with Gasteiger partial charge in [0, 0.05) is 58.4 Å². The monoisotopic (exact) mass is 394 g/mol. The van der Waals surface area contributed by atoms with Gasteiger partial charge in [-0.3, -0.25) is 19.2 Å². The minimum absolute atomic E-state index is 0. The van der Waals surface area contributed by atoms with E-state index >= 15 is 0 Å². The number of hydrogen-bond acceptors (Lipinski definition) is 2. The van der Waals surface area contributed by atoms with Gasteiger partial charge < -0.3 is 10.2 Å². The summed E-state index contributed by atoms with van der Waals surface area (Å²) in [5, 5.41) is 12.6. The zero-order valence-electron chi connectivity index (χ0n) is 12.9. The second kappa shape index (κ2) is 22.0. The minimum Gasteiger partial charge on any atom is -0.400 e. The number of rotatable bonds is 4. The van der Waals surface area contributed by atoms with Crippen molar-refractivity contribution in [1.29, 1.82) is 0 Å². The van der Waals surface area contributed by atoms with Crippen molar-refractivity contribution < 1.29 is 45.9 Å². The molecule has 0 radical (unpaired) electrons. The Morgan fingerprint density at radius 2 is 0.714 bits per heavy atom. The first-order valence-corrected chi connectivity index (χ1v) is 6.25. The first kappa shape index (κ1) is 32.6. The van der Waals surface area contributed by atoms with Gasteiger partial charge in [-0.05, 0) is 0 Å². The van der Waals surface area contributed by atoms with Crippen LogP contribution in [-0.4, -0.2) is 77.5 Å². The molecule has 0 aliphatic rings. The van der Waals surface area contributed by atoms with Gasteiger partial charge in [-0.25, -0.2) is 0 Å². The first-order chi connectivity index (χ1) is 9.11. The zero-order chi connectivity index (χ0) is 17.5. The van der Waals surface area contributed by atoms with Crippen LogP contribution in [0, 0.1) is 0 Å². The summed E-state index contributed by atoms with van der Waals surface area (Å²) >= 11 is 10.8. The van der Waals surface area contributed by atoms with E-state index in [0.717, 1.165) is 14.2 Å². The van der Waals surface area contributed by atoms with Crippen LogP contribution < -0.4 is 0 Å². The summed E-state index contributed by atoms with van der Waals surface area (Å²) in [7, 11) is 2.00. The van der Waals surface area contributed by atoms with Crippen molar-refractivity contribution in [2.45, 2.75) is 38.4 Å². The van der Waals surface area contributed by atoms with Crippen LogP contribution in [0.5, 0.6) is 0 Å². The third kappa shape index (κ3) is 25.0. The number of aliphatic hydroxyl groups excluding tert-OH is 2. The third-order valence-electron chi connectivity index (χ3n) is 1.47. The molecule has 0 atom stereocenters. The first-order valence-electron chi connectivity index (χ1n) is 5.38. The molecule has 0 amide bonds. The average molecular weight is 396 g/mol. The Kier molecular flexibility index (Phi) is 34.1. The molecule has 0 saturated carbocycles. The number of aliphatic hydroxyl groups is 2. The normalized spacial score (nSPS) is 10.4. The third-order valence-corrected chi connectivity index (χ3v) is 2.73. The Morgan fingerprint density at radius 3 is 0.714 bits per heavy atom. The quantitative estimate of drug-likeness (QED) is 0.314. The van der Waals surface area contributed by atoms with E-state index in [9.17, 15) is 0 Å². The van der Waals surface area contributed by atoms with Gasteiger partial charge in [0.25, 0.3) is 10.8 Å². The maximum absolute atomic E-state index is 8.60. The number of carbonyl (C=O) groups excluding carboxylic acids is 4. The molecular weight excluding hydrogens is 370 g/mol. The van der Waals surface area contributed by atoms with Crippen molar-refractivity contribution in [3.63, 3.8) is 0 Å². The Morgan fingerprint density at radius 1 is 0.619 bits per heavy atom. The van der Waals surface area contributed by atoms with E-state index in [1.54, 1.807) is 0 Å². The maximum Gasteiger partial charge on any atom is 0.320 e. The molecule has 6 N–H and O–H groups in total. The maximum atomic E-state index is 8.60. The van der Waals surface area contributed by atoms with Crippen molar-refractivity contribution >= 4 is 46.3 Å². The van der Waals surface area contributed by atoms with Crippen LogP contribution in [0.1, 0.15) is 27.7 Å². The SMILES string of the molecule is CC(=[OH+])C(Cl)C(C)=[OH+].CC(=[OH+])C(Cl)C(C)=[OH+].CO.CO.[Ni]. The predicted molar refractivity (Wildman–Crippen MR) is 86.0 cm³/mol. The second-order valence-corrected chi connectivity index (χ2v) is 4.16. The van der Waals surface area contributed by atoms with Gasteiger partial charge in [0.15, 0.2) is 0 Å². The van der Waals surface area contributed by atoms with E-state index in [0.29, 0.717) is 0 Å². The molecule has 130 valence electrons. The van der Waals surface area contributed by atoms with Gasteiger partial charge in [-0.2, -0.15) is 0 Å². The molecule has 0 aromatic rings. The molecular formula is C12H26Cl2NiO6+4. The summed E-state index contributed by atoms with van der Waals surface area (Å²) in [5.74, 6) is 0.0802. The largest absolute Gasteiger partial charge is 0.400 e. The predicted octanol–water partition coefficient (Wildman–Crippen LogP) is 0.661. The van der Waals surface area contributed by atoms with Crippen LogP contribution in [0.15, 0.2) is 0 Å². The molecule has 0 spiro atoms. The van der Waals surface area contributed by atoms with E-state index in [2.05, 4.69) is 0 Å². The average Bonchev–Trinajstić information content (AvgIpc) is 2.41. The van der Waals surface area contributed by atoms with Crippen LogP contribution in [0.4, 0.5) is 0 Å². The number of alkyl halides is 2. The smallest absolute Gasteiger partial charge is 0.320 e. The summed E-state index contributed by atoms with van der Waals surface area (Å²) < 4.78 is 0. The molecule has 9 heteroatoms. The molecule has 6 nitrogen and oxygen atoms in total. The zero-order valence-corrected chi connectivity index (χ0v) is 15.4. The van der Waals surface area contributed by atoms with Crippen molar-refractivity contribution in [3.05, 3.63) is 0 Å². The number of halogens is 2. The standard InChI is InChI=1S/2C5H7ClO2.2CH4O.Ni/c2*1-3(7)5(6)4(2)8;2*1-2;/h2*5H,1-2H3;2*2H,1H3;/p+4. The molecule has 0 rings (SSSR count). The molecule has 0 fully saturated rings. The van der Waals surface area contributed by atoms with Crippen molar-refractivity contribution in [1.82, 2.24) is 0 Å². The molecule has 0 aliphatic carbocycles. The topological polar surface area (TPSA) is 126 Å². The van der Waals surface area contributed by atoms with Gasteiger partial charge in [0.1, 0.15) is 0 Å². The fourth-order valence-corrected chi connectivity index (χ4v) is 0.605. The van der Waals surface area contributed by atoms with Crippen LogP contribution >= 0.6 is 23.2 Å². The molecule has 0 heterocycles. The molecule has 0 unspecified atom stereocenters. The van der Waals surface area contributed by atoms with Crippen LogP contribution in [0.3, 0.4) is 0 Å². The van der Waals surface area contributed by atoms with Crippen LogP contribution in [0.25, 0.3) is 0 Å². The summed E-state index contributed by atoms with van der Waals surface area (Å²) in [6, 6.07) is 0. The fourth-order valence-electron chi connectivity index (χ4n) is 0.605. The van der Waals surface area contributed by atoms with Gasteiger partial charge in [-0.15, -0.1) is 0 Å². The Bertz CT molecular complexity index is 252. The molecule has 0 aromatic heterocycles. The summed E-state index contributed by atoms with van der Waals surface area (Å²) in [4.78, 5) is 34.4. The van der Waals surface area contributed by atoms with Gasteiger partial charge in [0.05, 0.1) is 0 Å². The molecule has 0 aliphatic heterocycles. The summed E-state index contributed by atoms with van der Waals surface area (Å²) in [6.45, 7) is 5.77. The molecule has 0 aromatic carbocycles. The Hall–Kier alpha value is -0.326. The number of hydrogen-bond donors (Lipinski definition) is 2. The van der Waals surface area contributed by atoms with E-state index in [4.69, 9.17) is 52.6 Å². The van der Waals surface area contributed by atoms with E-state index < -0.39 is 10.8 Å². The van der Waals surface area contributed by atoms with Crippen LogP contribution in [0.2, 0.25) is 0 Å². The fraction of sp³-hybridized carbons (Fsp3) is 0.667. The molecule has 0 bridgehead atoms. The van der Waals surface area contributed by atoms with E-state index in [-0.39, 0.29) is 39.6 Å². The van der Waals surface area contributed by atoms with Crippen molar-refractivity contribution in [2.75, 3.05) is 14.2 Å². The van der Waals surface area contributed by atoms with Crippen molar-refractivity contribution in [2.24, 2.45) is 0 Å². The van der Waals surface area contributed by atoms with Gasteiger partial charge >= 0.3 is 23.1 Å².